The Morgan fingerprint density at radius 3 is 2.39 bits per heavy atom. The zero-order valence-electron chi connectivity index (χ0n) is 20.3. The van der Waals surface area contributed by atoms with Crippen LogP contribution in [0.2, 0.25) is 0 Å². The van der Waals surface area contributed by atoms with E-state index < -0.39 is 0 Å². The minimum absolute atomic E-state index is 0.00760. The highest BCUT2D eigenvalue weighted by Gasteiger charge is 2.16. The number of aromatic nitrogens is 6. The van der Waals surface area contributed by atoms with Gasteiger partial charge in [-0.1, -0.05) is 86.1 Å². The molecule has 0 atom stereocenters. The molecule has 5 aromatic rings. The van der Waals surface area contributed by atoms with Crippen molar-refractivity contribution in [3.63, 3.8) is 0 Å². The van der Waals surface area contributed by atoms with E-state index in [1.165, 1.54) is 0 Å². The van der Waals surface area contributed by atoms with Crippen LogP contribution >= 0.6 is 0 Å². The highest BCUT2D eigenvalue weighted by atomic mass is 16.1. The van der Waals surface area contributed by atoms with Gasteiger partial charge in [0.1, 0.15) is 0 Å². The van der Waals surface area contributed by atoms with Crippen molar-refractivity contribution in [1.29, 1.82) is 0 Å². The van der Waals surface area contributed by atoms with Crippen LogP contribution in [0.5, 0.6) is 0 Å². The maximum atomic E-state index is 13.6. The highest BCUT2D eigenvalue weighted by molar-refractivity contribution is 5.80. The molecule has 0 aliphatic heterocycles. The summed E-state index contributed by atoms with van der Waals surface area (Å²) >= 11 is 0. The first-order valence-corrected chi connectivity index (χ1v) is 12.3. The molecule has 0 aliphatic rings. The van der Waals surface area contributed by atoms with E-state index in [0.717, 1.165) is 58.3 Å². The molecule has 0 bridgehead atoms. The molecule has 0 unspecified atom stereocenters. The van der Waals surface area contributed by atoms with Gasteiger partial charge in [0.15, 0.2) is 0 Å². The van der Waals surface area contributed by atoms with Gasteiger partial charge in [0.2, 0.25) is 5.82 Å². The Morgan fingerprint density at radius 1 is 0.889 bits per heavy atom. The van der Waals surface area contributed by atoms with Crippen LogP contribution in [0.3, 0.4) is 0 Å². The summed E-state index contributed by atoms with van der Waals surface area (Å²) in [4.78, 5) is 18.4. The number of nitrogens with one attached hydrogen (secondary N) is 1. The molecule has 0 spiro atoms. The van der Waals surface area contributed by atoms with Crippen LogP contribution in [0.1, 0.15) is 42.1 Å². The number of nitrogens with zero attached hydrogens (tertiary/aromatic N) is 5. The summed E-state index contributed by atoms with van der Waals surface area (Å²) in [7, 11) is 0. The minimum atomic E-state index is 0.00760. The zero-order valence-corrected chi connectivity index (χ0v) is 20.3. The molecule has 180 valence electrons. The molecule has 7 nitrogen and oxygen atoms in total. The van der Waals surface area contributed by atoms with Crippen LogP contribution < -0.4 is 5.56 Å². The molecular weight excluding hydrogens is 448 g/mol. The zero-order chi connectivity index (χ0) is 24.7. The molecule has 3 aromatic carbocycles. The smallest absolute Gasteiger partial charge is 0.257 e. The van der Waals surface area contributed by atoms with Gasteiger partial charge >= 0.3 is 0 Å². The van der Waals surface area contributed by atoms with E-state index in [2.05, 4.69) is 57.9 Å². The highest BCUT2D eigenvalue weighted by Crippen LogP contribution is 2.31. The van der Waals surface area contributed by atoms with E-state index in [0.29, 0.717) is 18.8 Å². The lowest BCUT2D eigenvalue weighted by Crippen LogP contribution is -2.27. The predicted octanol–water partition coefficient (Wildman–Crippen LogP) is 5.07. The van der Waals surface area contributed by atoms with Gasteiger partial charge in [-0.25, -0.2) is 4.98 Å². The Balaban J connectivity index is 1.55. The van der Waals surface area contributed by atoms with Crippen molar-refractivity contribution in [2.75, 3.05) is 0 Å². The summed E-state index contributed by atoms with van der Waals surface area (Å²) in [6, 6.07) is 26.3. The number of hydrogen-bond donors (Lipinski definition) is 1. The summed E-state index contributed by atoms with van der Waals surface area (Å²) in [6.45, 7) is 2.64. The number of rotatable bonds is 9. The van der Waals surface area contributed by atoms with Gasteiger partial charge in [0, 0.05) is 17.5 Å². The average Bonchev–Trinajstić information content (AvgIpc) is 3.47. The molecule has 7 heteroatoms. The molecule has 0 amide bonds. The number of unbranched alkanes of at least 4 members (excludes halogenated alkanes) is 1. The van der Waals surface area contributed by atoms with Crippen LogP contribution in [-0.4, -0.2) is 30.2 Å². The third-order valence-corrected chi connectivity index (χ3v) is 6.32. The SMILES string of the molecule is CCCCc1ncn(Cc2ccccc2)c(=O)c1Cc1ccc(-c2ccccc2)c(-c2nn[nH]n2)c1. The molecule has 2 aromatic heterocycles. The normalized spacial score (nSPS) is 11.0. The first kappa shape index (κ1) is 23.4. The Labute approximate surface area is 209 Å². The lowest BCUT2D eigenvalue weighted by atomic mass is 9.94. The molecule has 0 aliphatic carbocycles. The van der Waals surface area contributed by atoms with Gasteiger partial charge in [-0.05, 0) is 46.4 Å². The van der Waals surface area contributed by atoms with Crippen molar-refractivity contribution in [2.24, 2.45) is 0 Å². The van der Waals surface area contributed by atoms with E-state index in [4.69, 9.17) is 4.98 Å². The van der Waals surface area contributed by atoms with Crippen LogP contribution in [0, 0.1) is 0 Å². The van der Waals surface area contributed by atoms with E-state index in [1.54, 1.807) is 10.9 Å². The number of aromatic amines is 1. The molecule has 5 rings (SSSR count). The standard InChI is InChI=1S/C29H28N6O/c1-2-3-14-27-26(29(36)35(20-30-27)19-21-10-6-4-7-11-21)18-22-15-16-24(23-12-8-5-9-13-23)25(17-22)28-31-33-34-32-28/h4-13,15-17,20H,2-3,14,18-19H2,1H3,(H,31,32,33,34). The third kappa shape index (κ3) is 5.15. The van der Waals surface area contributed by atoms with Gasteiger partial charge in [0.25, 0.3) is 5.56 Å². The van der Waals surface area contributed by atoms with E-state index in [-0.39, 0.29) is 5.56 Å². The van der Waals surface area contributed by atoms with Crippen LogP contribution in [0.4, 0.5) is 0 Å². The minimum Gasteiger partial charge on any atom is -0.295 e. The third-order valence-electron chi connectivity index (χ3n) is 6.32. The van der Waals surface area contributed by atoms with Crippen molar-refractivity contribution >= 4 is 0 Å². The second-order valence-electron chi connectivity index (χ2n) is 8.85. The van der Waals surface area contributed by atoms with Crippen molar-refractivity contribution in [3.05, 3.63) is 118 Å². The first-order chi connectivity index (χ1) is 17.7. The van der Waals surface area contributed by atoms with Gasteiger partial charge in [-0.2, -0.15) is 5.21 Å². The number of H-pyrrole nitrogens is 1. The van der Waals surface area contributed by atoms with Crippen LogP contribution in [0.25, 0.3) is 22.5 Å². The van der Waals surface area contributed by atoms with E-state index in [9.17, 15) is 4.79 Å². The summed E-state index contributed by atoms with van der Waals surface area (Å²) in [6.07, 6.45) is 4.99. The van der Waals surface area contributed by atoms with Gasteiger partial charge in [-0.15, -0.1) is 10.2 Å². The maximum Gasteiger partial charge on any atom is 0.257 e. The molecular formula is C29H28N6O. The van der Waals surface area contributed by atoms with Crippen molar-refractivity contribution in [3.8, 4) is 22.5 Å². The molecule has 1 N–H and O–H groups in total. The fourth-order valence-corrected chi connectivity index (χ4v) is 4.43. The summed E-state index contributed by atoms with van der Waals surface area (Å²) in [5.41, 5.74) is 6.65. The fraction of sp³-hybridized carbons (Fsp3) is 0.207. The fourth-order valence-electron chi connectivity index (χ4n) is 4.43. The second-order valence-corrected chi connectivity index (χ2v) is 8.85. The van der Waals surface area contributed by atoms with E-state index in [1.807, 2.05) is 48.5 Å². The Morgan fingerprint density at radius 2 is 1.67 bits per heavy atom. The number of tetrazole rings is 1. The lowest BCUT2D eigenvalue weighted by molar-refractivity contribution is 0.690. The van der Waals surface area contributed by atoms with E-state index >= 15 is 0 Å². The predicted molar refractivity (Wildman–Crippen MR) is 141 cm³/mol. The van der Waals surface area contributed by atoms with Crippen LogP contribution in [0.15, 0.2) is 90.0 Å². The van der Waals surface area contributed by atoms with Crippen molar-refractivity contribution in [2.45, 2.75) is 39.2 Å². The van der Waals surface area contributed by atoms with Crippen molar-refractivity contribution in [1.82, 2.24) is 30.2 Å². The number of benzene rings is 3. The Bertz CT molecular complexity index is 1480. The largest absolute Gasteiger partial charge is 0.295 e. The van der Waals surface area contributed by atoms with Gasteiger partial charge in [-0.3, -0.25) is 9.36 Å². The Hall–Kier alpha value is -4.39. The monoisotopic (exact) mass is 476 g/mol. The molecule has 0 saturated carbocycles. The van der Waals surface area contributed by atoms with Crippen molar-refractivity contribution < 1.29 is 0 Å². The summed E-state index contributed by atoms with van der Waals surface area (Å²) in [5, 5.41) is 14.8. The molecule has 36 heavy (non-hydrogen) atoms. The topological polar surface area (TPSA) is 89.4 Å². The number of aryl methyl sites for hydroxylation is 1. The summed E-state index contributed by atoms with van der Waals surface area (Å²) in [5.74, 6) is 0.523. The summed E-state index contributed by atoms with van der Waals surface area (Å²) < 4.78 is 1.71. The van der Waals surface area contributed by atoms with Crippen LogP contribution in [-0.2, 0) is 19.4 Å². The molecule has 0 radical (unpaired) electrons. The molecule has 2 heterocycles. The second kappa shape index (κ2) is 10.9. The maximum absolute atomic E-state index is 13.6. The van der Waals surface area contributed by atoms with Gasteiger partial charge < -0.3 is 0 Å². The van der Waals surface area contributed by atoms with Gasteiger partial charge in [0.05, 0.1) is 18.6 Å². The Kier molecular flexibility index (Phi) is 7.07. The number of hydrogen-bond acceptors (Lipinski definition) is 5. The molecule has 0 saturated heterocycles. The molecule has 0 fully saturated rings. The first-order valence-electron chi connectivity index (χ1n) is 12.3. The quantitative estimate of drug-likeness (QED) is 0.321. The average molecular weight is 477 g/mol. The lowest BCUT2D eigenvalue weighted by Gasteiger charge is -2.14.